The first-order valence-electron chi connectivity index (χ1n) is 6.61. The molecule has 0 aliphatic rings. The minimum Gasteiger partial charge on any atom is -0.397 e. The molecule has 1 unspecified atom stereocenters. The molecule has 0 saturated carbocycles. The molecule has 0 amide bonds. The van der Waals surface area contributed by atoms with Gasteiger partial charge in [-0.1, -0.05) is 48.9 Å². The fourth-order valence-electron chi connectivity index (χ4n) is 2.09. The van der Waals surface area contributed by atoms with Gasteiger partial charge in [-0.2, -0.15) is 0 Å². The van der Waals surface area contributed by atoms with Crippen molar-refractivity contribution in [3.8, 4) is 0 Å². The molecule has 20 heavy (non-hydrogen) atoms. The summed E-state index contributed by atoms with van der Waals surface area (Å²) in [7, 11) is 0. The van der Waals surface area contributed by atoms with Gasteiger partial charge in [-0.05, 0) is 24.0 Å². The van der Waals surface area contributed by atoms with Gasteiger partial charge in [0, 0.05) is 12.6 Å². The Hall–Kier alpha value is -1.74. The number of nitrogens with two attached hydrogens (primary N) is 1. The zero-order valence-corrected chi connectivity index (χ0v) is 12.1. The smallest absolute Gasteiger partial charge is 0.143 e. The van der Waals surface area contributed by atoms with E-state index in [4.69, 9.17) is 17.3 Å². The third-order valence-corrected chi connectivity index (χ3v) is 3.64. The molecular formula is C16H18ClFN2. The first kappa shape index (κ1) is 14.7. The maximum atomic E-state index is 13.2. The summed E-state index contributed by atoms with van der Waals surface area (Å²) >= 11 is 5.75. The minimum absolute atomic E-state index is 0.0813. The highest BCUT2D eigenvalue weighted by atomic mass is 35.5. The number of anilines is 2. The van der Waals surface area contributed by atoms with Crippen LogP contribution in [0, 0.1) is 5.82 Å². The molecule has 0 aliphatic heterocycles. The lowest BCUT2D eigenvalue weighted by Crippen LogP contribution is -2.08. The first-order valence-corrected chi connectivity index (χ1v) is 6.99. The molecule has 2 aromatic rings. The van der Waals surface area contributed by atoms with Gasteiger partial charge in [0.15, 0.2) is 0 Å². The van der Waals surface area contributed by atoms with E-state index in [2.05, 4.69) is 24.4 Å². The zero-order valence-electron chi connectivity index (χ0n) is 11.4. The number of benzene rings is 2. The summed E-state index contributed by atoms with van der Waals surface area (Å²) < 4.78 is 13.2. The first-order chi connectivity index (χ1) is 9.58. The van der Waals surface area contributed by atoms with Gasteiger partial charge in [-0.3, -0.25) is 0 Å². The molecule has 0 spiro atoms. The summed E-state index contributed by atoms with van der Waals surface area (Å²) in [5.41, 5.74) is 8.11. The zero-order chi connectivity index (χ0) is 14.5. The lowest BCUT2D eigenvalue weighted by molar-refractivity contribution is 0.629. The number of hydrogen-bond donors (Lipinski definition) is 2. The summed E-state index contributed by atoms with van der Waals surface area (Å²) in [6.45, 7) is 2.93. The predicted molar refractivity (Wildman–Crippen MR) is 83.8 cm³/mol. The van der Waals surface area contributed by atoms with Crippen molar-refractivity contribution in [3.63, 3.8) is 0 Å². The van der Waals surface area contributed by atoms with Gasteiger partial charge in [0.2, 0.25) is 0 Å². The van der Waals surface area contributed by atoms with E-state index < -0.39 is 5.82 Å². The Kier molecular flexibility index (Phi) is 4.85. The number of nitrogen functional groups attached to an aromatic ring is 1. The van der Waals surface area contributed by atoms with Gasteiger partial charge in [-0.15, -0.1) is 0 Å². The topological polar surface area (TPSA) is 38.0 Å². The van der Waals surface area contributed by atoms with Crippen LogP contribution in [-0.4, -0.2) is 6.54 Å². The molecule has 1 atom stereocenters. The molecule has 2 aromatic carbocycles. The van der Waals surface area contributed by atoms with E-state index >= 15 is 0 Å². The summed E-state index contributed by atoms with van der Waals surface area (Å²) in [5, 5.41) is 3.29. The van der Waals surface area contributed by atoms with Crippen LogP contribution in [-0.2, 0) is 0 Å². The predicted octanol–water partition coefficient (Wildman–Crippen LogP) is 4.67. The van der Waals surface area contributed by atoms with Crippen molar-refractivity contribution in [1.82, 2.24) is 0 Å². The number of rotatable bonds is 5. The monoisotopic (exact) mass is 292 g/mol. The van der Waals surface area contributed by atoms with Crippen LogP contribution in [0.2, 0.25) is 5.02 Å². The van der Waals surface area contributed by atoms with E-state index in [0.29, 0.717) is 17.3 Å². The Labute approximate surface area is 123 Å². The Morgan fingerprint density at radius 1 is 1.25 bits per heavy atom. The van der Waals surface area contributed by atoms with Crippen molar-refractivity contribution in [3.05, 3.63) is 58.9 Å². The largest absolute Gasteiger partial charge is 0.397 e. The molecular weight excluding hydrogens is 275 g/mol. The van der Waals surface area contributed by atoms with Gasteiger partial charge in [0.1, 0.15) is 5.82 Å². The molecule has 106 valence electrons. The Balaban J connectivity index is 1.92. The van der Waals surface area contributed by atoms with Gasteiger partial charge >= 0.3 is 0 Å². The fourth-order valence-corrected chi connectivity index (χ4v) is 2.25. The van der Waals surface area contributed by atoms with E-state index in [1.54, 1.807) is 0 Å². The van der Waals surface area contributed by atoms with E-state index in [1.807, 2.05) is 18.2 Å². The van der Waals surface area contributed by atoms with E-state index in [9.17, 15) is 4.39 Å². The van der Waals surface area contributed by atoms with Crippen LogP contribution in [0.4, 0.5) is 15.8 Å². The normalized spacial score (nSPS) is 12.2. The fraction of sp³-hybridized carbons (Fsp3) is 0.250. The van der Waals surface area contributed by atoms with Gasteiger partial charge in [-0.25, -0.2) is 4.39 Å². The van der Waals surface area contributed by atoms with Crippen LogP contribution in [0.5, 0.6) is 0 Å². The molecule has 0 aromatic heterocycles. The standard InChI is InChI=1S/C16H18ClFN2/c1-11(12-5-3-2-4-6-12)7-8-20-16-9-13(17)14(18)10-15(16)19/h2-6,9-11,20H,7-8,19H2,1H3. The summed E-state index contributed by atoms with van der Waals surface area (Å²) in [4.78, 5) is 0. The molecule has 2 rings (SSSR count). The van der Waals surface area contributed by atoms with Crippen LogP contribution >= 0.6 is 11.6 Å². The van der Waals surface area contributed by atoms with Crippen LogP contribution in [0.15, 0.2) is 42.5 Å². The van der Waals surface area contributed by atoms with Gasteiger partial charge < -0.3 is 11.1 Å². The van der Waals surface area contributed by atoms with Crippen LogP contribution in [0.1, 0.15) is 24.8 Å². The van der Waals surface area contributed by atoms with E-state index in [-0.39, 0.29) is 5.02 Å². The average Bonchev–Trinajstić information content (AvgIpc) is 2.45. The average molecular weight is 293 g/mol. The summed E-state index contributed by atoms with van der Waals surface area (Å²) in [5.74, 6) is -0.0479. The van der Waals surface area contributed by atoms with Crippen molar-refractivity contribution in [2.45, 2.75) is 19.3 Å². The minimum atomic E-state index is -0.493. The van der Waals surface area contributed by atoms with E-state index in [0.717, 1.165) is 13.0 Å². The lowest BCUT2D eigenvalue weighted by atomic mass is 9.98. The molecule has 2 nitrogen and oxygen atoms in total. The highest BCUT2D eigenvalue weighted by Crippen LogP contribution is 2.27. The van der Waals surface area contributed by atoms with Gasteiger partial charge in [0.05, 0.1) is 16.4 Å². The number of hydrogen-bond acceptors (Lipinski definition) is 2. The Morgan fingerprint density at radius 3 is 2.65 bits per heavy atom. The highest BCUT2D eigenvalue weighted by Gasteiger charge is 2.08. The molecule has 4 heteroatoms. The molecule has 0 heterocycles. The molecule has 0 aliphatic carbocycles. The summed E-state index contributed by atoms with van der Waals surface area (Å²) in [6, 6.07) is 13.1. The van der Waals surface area contributed by atoms with E-state index in [1.165, 1.54) is 17.7 Å². The number of nitrogens with one attached hydrogen (secondary N) is 1. The SMILES string of the molecule is CC(CCNc1cc(Cl)c(F)cc1N)c1ccccc1. The van der Waals surface area contributed by atoms with Crippen molar-refractivity contribution in [2.24, 2.45) is 0 Å². The Morgan fingerprint density at radius 2 is 1.95 bits per heavy atom. The quantitative estimate of drug-likeness (QED) is 0.786. The van der Waals surface area contributed by atoms with Crippen molar-refractivity contribution >= 4 is 23.0 Å². The highest BCUT2D eigenvalue weighted by molar-refractivity contribution is 6.31. The second-order valence-corrected chi connectivity index (χ2v) is 5.29. The lowest BCUT2D eigenvalue weighted by Gasteiger charge is -2.14. The van der Waals surface area contributed by atoms with Crippen molar-refractivity contribution in [1.29, 1.82) is 0 Å². The maximum Gasteiger partial charge on any atom is 0.143 e. The molecule has 0 radical (unpaired) electrons. The summed E-state index contributed by atoms with van der Waals surface area (Å²) in [6.07, 6.45) is 0.957. The second kappa shape index (κ2) is 6.62. The van der Waals surface area contributed by atoms with Gasteiger partial charge in [0.25, 0.3) is 0 Å². The third kappa shape index (κ3) is 3.64. The number of halogens is 2. The molecule has 3 N–H and O–H groups in total. The van der Waals surface area contributed by atoms with Crippen molar-refractivity contribution in [2.75, 3.05) is 17.6 Å². The molecule has 0 bridgehead atoms. The van der Waals surface area contributed by atoms with Crippen LogP contribution < -0.4 is 11.1 Å². The van der Waals surface area contributed by atoms with Crippen LogP contribution in [0.25, 0.3) is 0 Å². The second-order valence-electron chi connectivity index (χ2n) is 4.88. The van der Waals surface area contributed by atoms with Crippen LogP contribution in [0.3, 0.4) is 0 Å². The molecule has 0 saturated heterocycles. The molecule has 0 fully saturated rings. The Bertz CT molecular complexity index is 572. The maximum absolute atomic E-state index is 13.2. The van der Waals surface area contributed by atoms with Crippen molar-refractivity contribution < 1.29 is 4.39 Å². The third-order valence-electron chi connectivity index (χ3n) is 3.35.